The van der Waals surface area contributed by atoms with Crippen LogP contribution in [-0.4, -0.2) is 15.9 Å². The highest BCUT2D eigenvalue weighted by Crippen LogP contribution is 2.15. The second kappa shape index (κ2) is 6.54. The summed E-state index contributed by atoms with van der Waals surface area (Å²) in [6.07, 6.45) is 0. The standard InChI is InChI=1S/C16H18N2O2S/c1-11-6-7-15(8-12(11)2)21(20)10-16(19)18-14-5-3-4-13(17)9-14/h3-9H,10,17H2,1-2H3,(H,18,19). The maximum absolute atomic E-state index is 12.2. The number of carbonyl (C=O) groups is 1. The van der Waals surface area contributed by atoms with Crippen LogP contribution in [-0.2, 0) is 15.6 Å². The van der Waals surface area contributed by atoms with Crippen molar-refractivity contribution in [2.45, 2.75) is 18.7 Å². The highest BCUT2D eigenvalue weighted by atomic mass is 32.2. The number of hydrogen-bond donors (Lipinski definition) is 2. The Morgan fingerprint density at radius 1 is 1.14 bits per heavy atom. The van der Waals surface area contributed by atoms with E-state index in [1.165, 1.54) is 0 Å². The average Bonchev–Trinajstić information content (AvgIpc) is 2.41. The quantitative estimate of drug-likeness (QED) is 0.853. The molecule has 0 saturated carbocycles. The van der Waals surface area contributed by atoms with E-state index in [1.807, 2.05) is 26.0 Å². The normalized spacial score (nSPS) is 11.9. The highest BCUT2D eigenvalue weighted by Gasteiger charge is 2.11. The number of aryl methyl sites for hydroxylation is 2. The van der Waals surface area contributed by atoms with Gasteiger partial charge in [0, 0.05) is 16.3 Å². The van der Waals surface area contributed by atoms with E-state index in [-0.39, 0.29) is 11.7 Å². The lowest BCUT2D eigenvalue weighted by molar-refractivity contribution is -0.113. The lowest BCUT2D eigenvalue weighted by Gasteiger charge is -2.07. The van der Waals surface area contributed by atoms with Gasteiger partial charge in [-0.3, -0.25) is 9.00 Å². The molecule has 0 spiro atoms. The Morgan fingerprint density at radius 3 is 2.57 bits per heavy atom. The van der Waals surface area contributed by atoms with Crippen molar-refractivity contribution >= 4 is 28.1 Å². The van der Waals surface area contributed by atoms with Crippen LogP contribution in [0.3, 0.4) is 0 Å². The Kier molecular flexibility index (Phi) is 4.75. The van der Waals surface area contributed by atoms with Gasteiger partial charge in [-0.2, -0.15) is 0 Å². The predicted octanol–water partition coefficient (Wildman–Crippen LogP) is 2.63. The van der Waals surface area contributed by atoms with Crippen molar-refractivity contribution in [3.8, 4) is 0 Å². The Bertz CT molecular complexity index is 698. The number of benzene rings is 2. The van der Waals surface area contributed by atoms with Gasteiger partial charge in [-0.1, -0.05) is 12.1 Å². The molecule has 0 heterocycles. The summed E-state index contributed by atoms with van der Waals surface area (Å²) in [5.41, 5.74) is 9.03. The summed E-state index contributed by atoms with van der Waals surface area (Å²) in [5, 5.41) is 2.70. The van der Waals surface area contributed by atoms with Crippen molar-refractivity contribution in [1.82, 2.24) is 0 Å². The van der Waals surface area contributed by atoms with Crippen LogP contribution in [0.5, 0.6) is 0 Å². The monoisotopic (exact) mass is 302 g/mol. The molecule has 110 valence electrons. The number of amides is 1. The molecule has 3 N–H and O–H groups in total. The van der Waals surface area contributed by atoms with Crippen LogP contribution in [0.2, 0.25) is 0 Å². The van der Waals surface area contributed by atoms with Crippen LogP contribution in [0, 0.1) is 13.8 Å². The zero-order valence-corrected chi connectivity index (χ0v) is 12.9. The predicted molar refractivity (Wildman–Crippen MR) is 86.7 cm³/mol. The third-order valence-electron chi connectivity index (χ3n) is 3.17. The van der Waals surface area contributed by atoms with E-state index in [9.17, 15) is 9.00 Å². The molecule has 2 rings (SSSR count). The van der Waals surface area contributed by atoms with Gasteiger partial charge in [0.25, 0.3) is 0 Å². The summed E-state index contributed by atoms with van der Waals surface area (Å²) < 4.78 is 12.2. The zero-order chi connectivity index (χ0) is 15.4. The molecule has 1 amide bonds. The minimum Gasteiger partial charge on any atom is -0.399 e. The smallest absolute Gasteiger partial charge is 0.237 e. The number of anilines is 2. The topological polar surface area (TPSA) is 72.2 Å². The van der Waals surface area contributed by atoms with E-state index in [0.29, 0.717) is 16.3 Å². The summed E-state index contributed by atoms with van der Waals surface area (Å²) in [4.78, 5) is 12.6. The van der Waals surface area contributed by atoms with Gasteiger partial charge in [0.05, 0.1) is 10.8 Å². The third-order valence-corrected chi connectivity index (χ3v) is 4.48. The first-order valence-electron chi connectivity index (χ1n) is 6.57. The molecule has 0 bridgehead atoms. The van der Waals surface area contributed by atoms with Gasteiger partial charge >= 0.3 is 0 Å². The third kappa shape index (κ3) is 4.16. The van der Waals surface area contributed by atoms with Gasteiger partial charge in [0.2, 0.25) is 5.91 Å². The van der Waals surface area contributed by atoms with E-state index in [2.05, 4.69) is 5.32 Å². The summed E-state index contributed by atoms with van der Waals surface area (Å²) in [6, 6.07) is 12.5. The molecular formula is C16H18N2O2S. The molecular weight excluding hydrogens is 284 g/mol. The van der Waals surface area contributed by atoms with Crippen LogP contribution in [0.25, 0.3) is 0 Å². The van der Waals surface area contributed by atoms with Gasteiger partial charge in [0.1, 0.15) is 5.75 Å². The maximum atomic E-state index is 12.2. The van der Waals surface area contributed by atoms with E-state index in [1.54, 1.807) is 30.3 Å². The molecule has 0 aliphatic carbocycles. The first kappa shape index (κ1) is 15.3. The molecule has 4 nitrogen and oxygen atoms in total. The molecule has 0 radical (unpaired) electrons. The van der Waals surface area contributed by atoms with Crippen molar-refractivity contribution in [2.24, 2.45) is 0 Å². The van der Waals surface area contributed by atoms with Gasteiger partial charge in [-0.05, 0) is 55.3 Å². The van der Waals surface area contributed by atoms with Gasteiger partial charge in [-0.15, -0.1) is 0 Å². The van der Waals surface area contributed by atoms with Crippen molar-refractivity contribution in [3.05, 3.63) is 53.6 Å². The van der Waals surface area contributed by atoms with Crippen LogP contribution < -0.4 is 11.1 Å². The molecule has 1 atom stereocenters. The summed E-state index contributed by atoms with van der Waals surface area (Å²) in [5.74, 6) is -0.366. The minimum absolute atomic E-state index is 0.0721. The Hall–Kier alpha value is -2.14. The van der Waals surface area contributed by atoms with E-state index in [0.717, 1.165) is 11.1 Å². The molecule has 5 heteroatoms. The number of hydrogen-bond acceptors (Lipinski definition) is 3. The maximum Gasteiger partial charge on any atom is 0.237 e. The van der Waals surface area contributed by atoms with Gasteiger partial charge < -0.3 is 11.1 Å². The highest BCUT2D eigenvalue weighted by molar-refractivity contribution is 7.85. The molecule has 0 fully saturated rings. The summed E-state index contributed by atoms with van der Waals surface area (Å²) in [7, 11) is -1.35. The van der Waals surface area contributed by atoms with Crippen LogP contribution >= 0.6 is 0 Å². The van der Waals surface area contributed by atoms with Gasteiger partial charge in [0.15, 0.2) is 0 Å². The van der Waals surface area contributed by atoms with Crippen LogP contribution in [0.1, 0.15) is 11.1 Å². The minimum atomic E-state index is -1.35. The van der Waals surface area contributed by atoms with Crippen molar-refractivity contribution in [1.29, 1.82) is 0 Å². The zero-order valence-electron chi connectivity index (χ0n) is 12.1. The summed E-state index contributed by atoms with van der Waals surface area (Å²) in [6.45, 7) is 3.96. The van der Waals surface area contributed by atoms with E-state index < -0.39 is 10.8 Å². The molecule has 2 aromatic rings. The number of nitrogen functional groups attached to an aromatic ring is 1. The Balaban J connectivity index is 2.02. The Morgan fingerprint density at radius 2 is 1.90 bits per heavy atom. The lowest BCUT2D eigenvalue weighted by Crippen LogP contribution is -2.19. The van der Waals surface area contributed by atoms with Crippen LogP contribution in [0.4, 0.5) is 11.4 Å². The lowest BCUT2D eigenvalue weighted by atomic mass is 10.1. The van der Waals surface area contributed by atoms with Crippen LogP contribution in [0.15, 0.2) is 47.4 Å². The number of rotatable bonds is 4. The fraction of sp³-hybridized carbons (Fsp3) is 0.188. The average molecular weight is 302 g/mol. The molecule has 0 aromatic heterocycles. The largest absolute Gasteiger partial charge is 0.399 e. The second-order valence-corrected chi connectivity index (χ2v) is 6.36. The Labute approximate surface area is 126 Å². The number of nitrogens with one attached hydrogen (secondary N) is 1. The fourth-order valence-electron chi connectivity index (χ4n) is 1.87. The van der Waals surface area contributed by atoms with E-state index in [4.69, 9.17) is 5.73 Å². The van der Waals surface area contributed by atoms with Gasteiger partial charge in [-0.25, -0.2) is 0 Å². The van der Waals surface area contributed by atoms with Crippen molar-refractivity contribution < 1.29 is 9.00 Å². The number of carbonyl (C=O) groups excluding carboxylic acids is 1. The van der Waals surface area contributed by atoms with E-state index >= 15 is 0 Å². The second-order valence-electron chi connectivity index (χ2n) is 4.91. The molecule has 0 aliphatic rings. The fourth-order valence-corrected chi connectivity index (χ4v) is 2.88. The molecule has 2 aromatic carbocycles. The molecule has 0 saturated heterocycles. The first-order valence-corrected chi connectivity index (χ1v) is 7.88. The molecule has 0 aliphatic heterocycles. The molecule has 21 heavy (non-hydrogen) atoms. The summed E-state index contributed by atoms with van der Waals surface area (Å²) >= 11 is 0. The molecule has 1 unspecified atom stereocenters. The first-order chi connectivity index (χ1) is 9.95. The van der Waals surface area contributed by atoms with Crippen molar-refractivity contribution in [3.63, 3.8) is 0 Å². The number of nitrogens with two attached hydrogens (primary N) is 1. The SMILES string of the molecule is Cc1ccc(S(=O)CC(=O)Nc2cccc(N)c2)cc1C. The van der Waals surface area contributed by atoms with Crippen molar-refractivity contribution in [2.75, 3.05) is 16.8 Å².